The van der Waals surface area contributed by atoms with Crippen molar-refractivity contribution in [3.63, 3.8) is 0 Å². The second-order valence-corrected chi connectivity index (χ2v) is 11.2. The van der Waals surface area contributed by atoms with Gasteiger partial charge in [-0.1, -0.05) is 19.8 Å². The van der Waals surface area contributed by atoms with Gasteiger partial charge < -0.3 is 19.1 Å². The van der Waals surface area contributed by atoms with Crippen LogP contribution in [0, 0.1) is 13.8 Å². The van der Waals surface area contributed by atoms with E-state index in [1.807, 2.05) is 4.90 Å². The predicted octanol–water partition coefficient (Wildman–Crippen LogP) is 2.05. The van der Waals surface area contributed by atoms with E-state index in [2.05, 4.69) is 11.8 Å². The van der Waals surface area contributed by atoms with E-state index in [9.17, 15) is 13.2 Å². The van der Waals surface area contributed by atoms with Crippen LogP contribution < -0.4 is 4.74 Å². The topological polar surface area (TPSA) is 88.6 Å². The largest absolute Gasteiger partial charge is 0.497 e. The Balaban J connectivity index is 1.55. The summed E-state index contributed by atoms with van der Waals surface area (Å²) in [7, 11) is -2.21. The Hall–Kier alpha value is -1.72. The summed E-state index contributed by atoms with van der Waals surface area (Å²) in [6.45, 7) is 10.9. The van der Waals surface area contributed by atoms with Crippen LogP contribution in [0.15, 0.2) is 17.0 Å². The molecule has 0 N–H and O–H groups in total. The summed E-state index contributed by atoms with van der Waals surface area (Å²) in [4.78, 5) is 17.2. The molecule has 1 amide bonds. The van der Waals surface area contributed by atoms with Gasteiger partial charge in [-0.15, -0.1) is 0 Å². The average Bonchev–Trinajstić information content (AvgIpc) is 2.84. The quantitative estimate of drug-likeness (QED) is 0.420. The number of carbonyl (C=O) groups is 1. The van der Waals surface area contributed by atoms with E-state index >= 15 is 0 Å². The van der Waals surface area contributed by atoms with E-state index in [0.29, 0.717) is 36.6 Å². The number of methoxy groups -OCH3 is 1. The van der Waals surface area contributed by atoms with Crippen LogP contribution in [0.1, 0.15) is 37.3 Å². The minimum absolute atomic E-state index is 0.0498. The maximum absolute atomic E-state index is 13.6. The van der Waals surface area contributed by atoms with Crippen molar-refractivity contribution in [3.05, 3.63) is 23.3 Å². The van der Waals surface area contributed by atoms with Crippen LogP contribution in [0.25, 0.3) is 0 Å². The fourth-order valence-electron chi connectivity index (χ4n) is 4.82. The fourth-order valence-corrected chi connectivity index (χ4v) is 6.81. The molecule has 3 rings (SSSR count). The number of nitrogens with zero attached hydrogens (tertiary/aromatic N) is 3. The smallest absolute Gasteiger partial charge is 0.248 e. The third-order valence-electron chi connectivity index (χ3n) is 6.75. The Labute approximate surface area is 210 Å². The molecule has 0 unspecified atom stereocenters. The molecule has 0 aliphatic carbocycles. The number of hydrogen-bond acceptors (Lipinski definition) is 7. The highest BCUT2D eigenvalue weighted by molar-refractivity contribution is 7.89. The molecule has 1 aromatic rings. The Kier molecular flexibility index (Phi) is 10.4. The molecule has 0 spiro atoms. The molecule has 10 heteroatoms. The van der Waals surface area contributed by atoms with Gasteiger partial charge in [-0.25, -0.2) is 8.42 Å². The van der Waals surface area contributed by atoms with E-state index in [4.69, 9.17) is 14.2 Å². The van der Waals surface area contributed by atoms with E-state index in [1.54, 1.807) is 33.1 Å². The van der Waals surface area contributed by atoms with Crippen molar-refractivity contribution in [2.45, 2.75) is 51.0 Å². The second-order valence-electron chi connectivity index (χ2n) is 9.38. The lowest BCUT2D eigenvalue weighted by atomic mass is 10.1. The van der Waals surface area contributed by atoms with Gasteiger partial charge in [0, 0.05) is 32.7 Å². The van der Waals surface area contributed by atoms with Crippen molar-refractivity contribution >= 4 is 15.9 Å². The highest BCUT2D eigenvalue weighted by Gasteiger charge is 2.36. The molecule has 2 aliphatic heterocycles. The molecule has 198 valence electrons. The van der Waals surface area contributed by atoms with Gasteiger partial charge in [0.1, 0.15) is 12.4 Å². The molecule has 0 bridgehead atoms. The minimum atomic E-state index is -3.77. The number of benzene rings is 1. The number of morpholine rings is 1. The van der Waals surface area contributed by atoms with Crippen LogP contribution in [0.3, 0.4) is 0 Å². The summed E-state index contributed by atoms with van der Waals surface area (Å²) >= 11 is 0. The van der Waals surface area contributed by atoms with Crippen LogP contribution in [0.2, 0.25) is 0 Å². The van der Waals surface area contributed by atoms with Crippen LogP contribution >= 0.6 is 0 Å². The maximum atomic E-state index is 13.6. The van der Waals surface area contributed by atoms with Gasteiger partial charge in [0.2, 0.25) is 15.9 Å². The molecule has 0 aromatic heterocycles. The lowest BCUT2D eigenvalue weighted by molar-refractivity contribution is -0.138. The number of unbranched alkanes of at least 4 members (excludes halogenated alkanes) is 2. The van der Waals surface area contributed by atoms with Crippen molar-refractivity contribution in [1.82, 2.24) is 14.1 Å². The van der Waals surface area contributed by atoms with Crippen molar-refractivity contribution in [2.75, 3.05) is 72.8 Å². The third kappa shape index (κ3) is 7.16. The van der Waals surface area contributed by atoms with Gasteiger partial charge in [-0.05, 0) is 50.1 Å². The number of carbonyl (C=O) groups excluding carboxylic acids is 1. The summed E-state index contributed by atoms with van der Waals surface area (Å²) in [5, 5.41) is 0. The summed E-state index contributed by atoms with van der Waals surface area (Å²) < 4.78 is 45.2. The molecule has 2 heterocycles. The Morgan fingerprint density at radius 2 is 1.77 bits per heavy atom. The second kappa shape index (κ2) is 13.0. The number of piperazine rings is 1. The van der Waals surface area contributed by atoms with Crippen molar-refractivity contribution in [3.8, 4) is 5.75 Å². The molecule has 1 atom stereocenters. The molecule has 1 aromatic carbocycles. The van der Waals surface area contributed by atoms with Gasteiger partial charge in [-0.2, -0.15) is 4.31 Å². The number of ether oxygens (including phenoxy) is 3. The van der Waals surface area contributed by atoms with E-state index < -0.39 is 16.1 Å². The Bertz CT molecular complexity index is 924. The van der Waals surface area contributed by atoms with Crippen LogP contribution in [-0.4, -0.2) is 107 Å². The summed E-state index contributed by atoms with van der Waals surface area (Å²) in [6.07, 6.45) is 3.65. The maximum Gasteiger partial charge on any atom is 0.248 e. The molecule has 0 radical (unpaired) electrons. The number of amides is 1. The van der Waals surface area contributed by atoms with Crippen LogP contribution in [0.5, 0.6) is 5.75 Å². The van der Waals surface area contributed by atoms with Gasteiger partial charge >= 0.3 is 0 Å². The van der Waals surface area contributed by atoms with Crippen molar-refractivity contribution in [2.24, 2.45) is 0 Å². The lowest BCUT2D eigenvalue weighted by Gasteiger charge is -2.36. The minimum Gasteiger partial charge on any atom is -0.497 e. The summed E-state index contributed by atoms with van der Waals surface area (Å²) in [6, 6.07) is 2.97. The molecular formula is C25H41N3O6S. The number of sulfonamides is 1. The molecular weight excluding hydrogens is 470 g/mol. The Morgan fingerprint density at radius 3 is 2.40 bits per heavy atom. The van der Waals surface area contributed by atoms with E-state index in [-0.39, 0.29) is 37.2 Å². The highest BCUT2D eigenvalue weighted by Crippen LogP contribution is 2.30. The average molecular weight is 512 g/mol. The van der Waals surface area contributed by atoms with Gasteiger partial charge in [0.25, 0.3) is 0 Å². The first kappa shape index (κ1) is 27.9. The normalized spacial score (nSPS) is 20.2. The monoisotopic (exact) mass is 511 g/mol. The van der Waals surface area contributed by atoms with Gasteiger partial charge in [-0.3, -0.25) is 9.69 Å². The first-order valence-electron chi connectivity index (χ1n) is 12.6. The van der Waals surface area contributed by atoms with Crippen LogP contribution in [-0.2, 0) is 24.3 Å². The SMILES string of the molecule is CCCCCN1CCN(C(=O)COC[C@@H]2COCCN2S(=O)(=O)c2c(C)cc(OC)cc2C)CC1. The molecule has 2 saturated heterocycles. The fraction of sp³-hybridized carbons (Fsp3) is 0.720. The van der Waals surface area contributed by atoms with Crippen molar-refractivity contribution < 1.29 is 27.4 Å². The third-order valence-corrected chi connectivity index (χ3v) is 9.01. The zero-order valence-electron chi connectivity index (χ0n) is 21.6. The lowest BCUT2D eigenvalue weighted by Crippen LogP contribution is -2.52. The van der Waals surface area contributed by atoms with E-state index in [1.165, 1.54) is 23.6 Å². The van der Waals surface area contributed by atoms with E-state index in [0.717, 1.165) is 19.6 Å². The molecule has 2 aliphatic rings. The van der Waals surface area contributed by atoms with Crippen LogP contribution in [0.4, 0.5) is 0 Å². The summed E-state index contributed by atoms with van der Waals surface area (Å²) in [5.74, 6) is 0.576. The molecule has 35 heavy (non-hydrogen) atoms. The number of hydrogen-bond donors (Lipinski definition) is 0. The molecule has 9 nitrogen and oxygen atoms in total. The van der Waals surface area contributed by atoms with Crippen molar-refractivity contribution in [1.29, 1.82) is 0 Å². The highest BCUT2D eigenvalue weighted by atomic mass is 32.2. The molecule has 0 saturated carbocycles. The first-order chi connectivity index (χ1) is 16.8. The Morgan fingerprint density at radius 1 is 1.09 bits per heavy atom. The zero-order chi connectivity index (χ0) is 25.4. The first-order valence-corrected chi connectivity index (χ1v) is 14.0. The van der Waals surface area contributed by atoms with Gasteiger partial charge in [0.05, 0.1) is 37.9 Å². The molecule has 2 fully saturated rings. The zero-order valence-corrected chi connectivity index (χ0v) is 22.4. The number of aryl methyl sites for hydroxylation is 2. The summed E-state index contributed by atoms with van der Waals surface area (Å²) in [5.41, 5.74) is 1.27. The standard InChI is InChI=1S/C25H41N3O6S/c1-5-6-7-8-26-9-11-27(12-10-26)24(29)19-34-18-22-17-33-14-13-28(22)35(30,31)25-20(2)15-23(32-4)16-21(25)3/h15-16,22H,5-14,17-19H2,1-4H3/t22-/m0/s1. The predicted molar refractivity (Wildman–Crippen MR) is 134 cm³/mol. The van der Waals surface area contributed by atoms with Gasteiger partial charge in [0.15, 0.2) is 0 Å². The number of rotatable bonds is 11.